The number of hydrogen-bond donors (Lipinski definition) is 2. The highest BCUT2D eigenvalue weighted by molar-refractivity contribution is 6.34. The average molecular weight is 308 g/mol. The number of amides is 1. The van der Waals surface area contributed by atoms with Crippen molar-refractivity contribution in [2.45, 2.75) is 19.8 Å². The summed E-state index contributed by atoms with van der Waals surface area (Å²) in [6.07, 6.45) is 1.70. The summed E-state index contributed by atoms with van der Waals surface area (Å²) in [5, 5.41) is 10.1. The first-order valence-electron chi connectivity index (χ1n) is 6.71. The molecule has 2 rings (SSSR count). The molecule has 0 saturated carbocycles. The lowest BCUT2D eigenvalue weighted by molar-refractivity contribution is 0.101. The third-order valence-corrected chi connectivity index (χ3v) is 3.21. The molecule has 1 aromatic carbocycles. The van der Waals surface area contributed by atoms with Gasteiger partial charge in [-0.05, 0) is 18.6 Å². The molecule has 6 nitrogen and oxygen atoms in total. The van der Waals surface area contributed by atoms with E-state index in [-0.39, 0.29) is 11.7 Å². The smallest absolute Gasteiger partial charge is 0.295 e. The highest BCUT2D eigenvalue weighted by atomic mass is 35.5. The molecule has 7 heteroatoms. The highest BCUT2D eigenvalue weighted by Gasteiger charge is 2.16. The van der Waals surface area contributed by atoms with E-state index in [0.29, 0.717) is 16.5 Å². The van der Waals surface area contributed by atoms with Gasteiger partial charge in [0.25, 0.3) is 5.91 Å². The number of halogens is 1. The summed E-state index contributed by atoms with van der Waals surface area (Å²) in [4.78, 5) is 18.2. The number of nitrogens with zero attached hydrogens (tertiary/aromatic N) is 3. The van der Waals surface area contributed by atoms with Crippen LogP contribution in [-0.4, -0.2) is 35.2 Å². The second kappa shape index (κ2) is 6.58. The lowest BCUT2D eigenvalue weighted by atomic mass is 10.2. The number of carbonyl (C=O) groups is 1. The molecular weight excluding hydrogens is 290 g/mol. The van der Waals surface area contributed by atoms with E-state index in [0.717, 1.165) is 18.5 Å². The van der Waals surface area contributed by atoms with Crippen molar-refractivity contribution in [2.75, 3.05) is 24.3 Å². The zero-order valence-electron chi connectivity index (χ0n) is 12.3. The molecular formula is C14H18ClN5O. The summed E-state index contributed by atoms with van der Waals surface area (Å²) in [6, 6.07) is 5.35. The van der Waals surface area contributed by atoms with Gasteiger partial charge < -0.3 is 10.2 Å². The predicted octanol–water partition coefficient (Wildman–Crippen LogP) is 2.73. The van der Waals surface area contributed by atoms with Crippen LogP contribution in [0.25, 0.3) is 0 Å². The van der Waals surface area contributed by atoms with Gasteiger partial charge in [-0.1, -0.05) is 24.6 Å². The maximum Gasteiger partial charge on any atom is 0.295 e. The van der Waals surface area contributed by atoms with Crippen LogP contribution < -0.4 is 10.2 Å². The third-order valence-electron chi connectivity index (χ3n) is 2.90. The van der Waals surface area contributed by atoms with Crippen LogP contribution in [0.1, 0.15) is 29.8 Å². The zero-order chi connectivity index (χ0) is 15.4. The van der Waals surface area contributed by atoms with E-state index < -0.39 is 0 Å². The van der Waals surface area contributed by atoms with Crippen molar-refractivity contribution < 1.29 is 4.79 Å². The fraction of sp³-hybridized carbons (Fsp3) is 0.357. The van der Waals surface area contributed by atoms with Crippen LogP contribution in [0.4, 0.5) is 11.4 Å². The number of carbonyl (C=O) groups excluding carboxylic acids is 1. The topological polar surface area (TPSA) is 73.9 Å². The van der Waals surface area contributed by atoms with Gasteiger partial charge in [-0.15, -0.1) is 5.10 Å². The number of H-pyrrole nitrogens is 1. The minimum atomic E-state index is -0.362. The maximum absolute atomic E-state index is 12.2. The van der Waals surface area contributed by atoms with Crippen molar-refractivity contribution in [3.63, 3.8) is 0 Å². The molecule has 0 aliphatic carbocycles. The van der Waals surface area contributed by atoms with Crippen molar-refractivity contribution >= 4 is 28.9 Å². The standard InChI is InChI=1S/C14H18ClN5O/c1-4-6-11-17-13(19-18-11)14(21)16-10-8-5-7-9(15)12(10)20(2)3/h5,7-8H,4,6H2,1-3H3,(H,16,21)(H,17,18,19). The van der Waals surface area contributed by atoms with E-state index in [1.165, 1.54) is 0 Å². The first-order chi connectivity index (χ1) is 10.0. The van der Waals surface area contributed by atoms with Gasteiger partial charge in [-0.2, -0.15) is 0 Å². The first-order valence-corrected chi connectivity index (χ1v) is 7.09. The van der Waals surface area contributed by atoms with Gasteiger partial charge in [0.05, 0.1) is 16.4 Å². The van der Waals surface area contributed by atoms with Gasteiger partial charge in [-0.25, -0.2) is 4.98 Å². The normalized spacial score (nSPS) is 10.5. The molecule has 0 aliphatic heterocycles. The van der Waals surface area contributed by atoms with Gasteiger partial charge >= 0.3 is 0 Å². The molecule has 1 aromatic heterocycles. The second-order valence-corrected chi connectivity index (χ2v) is 5.25. The Morgan fingerprint density at radius 3 is 2.86 bits per heavy atom. The Kier molecular flexibility index (Phi) is 4.80. The molecule has 2 aromatic rings. The SMILES string of the molecule is CCCc1nc(C(=O)Nc2cccc(Cl)c2N(C)C)n[nH]1. The molecule has 0 fully saturated rings. The quantitative estimate of drug-likeness (QED) is 0.890. The summed E-state index contributed by atoms with van der Waals surface area (Å²) in [6.45, 7) is 2.04. The number of para-hydroxylation sites is 1. The number of rotatable bonds is 5. The van der Waals surface area contributed by atoms with Crippen LogP contribution in [-0.2, 0) is 6.42 Å². The van der Waals surface area contributed by atoms with Crippen molar-refractivity contribution in [2.24, 2.45) is 0 Å². The van der Waals surface area contributed by atoms with Gasteiger partial charge in [0, 0.05) is 20.5 Å². The summed E-state index contributed by atoms with van der Waals surface area (Å²) in [7, 11) is 3.73. The van der Waals surface area contributed by atoms with Gasteiger partial charge in [-0.3, -0.25) is 9.89 Å². The van der Waals surface area contributed by atoms with E-state index >= 15 is 0 Å². The number of benzene rings is 1. The minimum Gasteiger partial charge on any atom is -0.375 e. The molecule has 0 bridgehead atoms. The Labute approximate surface area is 128 Å². The van der Waals surface area contributed by atoms with Crippen LogP contribution in [0.5, 0.6) is 0 Å². The molecule has 0 unspecified atom stereocenters. The Hall–Kier alpha value is -2.08. The fourth-order valence-electron chi connectivity index (χ4n) is 1.99. The Balaban J connectivity index is 2.21. The minimum absolute atomic E-state index is 0.128. The lowest BCUT2D eigenvalue weighted by Gasteiger charge is -2.18. The van der Waals surface area contributed by atoms with Crippen molar-refractivity contribution in [3.8, 4) is 0 Å². The second-order valence-electron chi connectivity index (χ2n) is 4.84. The molecule has 2 N–H and O–H groups in total. The number of aromatic nitrogens is 3. The largest absolute Gasteiger partial charge is 0.375 e. The summed E-state index contributed by atoms with van der Waals surface area (Å²) >= 11 is 6.17. The van der Waals surface area contributed by atoms with Crippen LogP contribution >= 0.6 is 11.6 Å². The molecule has 1 amide bonds. The molecule has 21 heavy (non-hydrogen) atoms. The average Bonchev–Trinajstić information content (AvgIpc) is 2.87. The first kappa shape index (κ1) is 15.3. The Morgan fingerprint density at radius 1 is 1.43 bits per heavy atom. The lowest BCUT2D eigenvalue weighted by Crippen LogP contribution is -2.18. The van der Waals surface area contributed by atoms with E-state index in [9.17, 15) is 4.79 Å². The van der Waals surface area contributed by atoms with Crippen LogP contribution in [0.3, 0.4) is 0 Å². The van der Waals surface area contributed by atoms with Crippen molar-refractivity contribution in [3.05, 3.63) is 34.9 Å². The fourth-order valence-corrected chi connectivity index (χ4v) is 2.34. The number of anilines is 2. The van der Waals surface area contributed by atoms with Crippen molar-refractivity contribution in [1.29, 1.82) is 0 Å². The zero-order valence-corrected chi connectivity index (χ0v) is 13.0. The summed E-state index contributed by atoms with van der Waals surface area (Å²) < 4.78 is 0. The van der Waals surface area contributed by atoms with Crippen LogP contribution in [0.2, 0.25) is 5.02 Å². The summed E-state index contributed by atoms with van der Waals surface area (Å²) in [5.74, 6) is 0.476. The Morgan fingerprint density at radius 2 is 2.19 bits per heavy atom. The molecule has 0 atom stereocenters. The number of aryl methyl sites for hydroxylation is 1. The third kappa shape index (κ3) is 3.52. The molecule has 0 aliphatic rings. The molecule has 1 heterocycles. The van der Waals surface area contributed by atoms with Gasteiger partial charge in [0.1, 0.15) is 5.82 Å². The van der Waals surface area contributed by atoms with E-state index in [2.05, 4.69) is 20.5 Å². The van der Waals surface area contributed by atoms with Gasteiger partial charge in [0.2, 0.25) is 5.82 Å². The molecule has 112 valence electrons. The molecule has 0 spiro atoms. The van der Waals surface area contributed by atoms with E-state index in [1.807, 2.05) is 25.9 Å². The number of aromatic amines is 1. The van der Waals surface area contributed by atoms with Crippen LogP contribution in [0.15, 0.2) is 18.2 Å². The Bertz CT molecular complexity index is 638. The van der Waals surface area contributed by atoms with E-state index in [4.69, 9.17) is 11.6 Å². The van der Waals surface area contributed by atoms with Crippen LogP contribution in [0, 0.1) is 0 Å². The molecule has 0 radical (unpaired) electrons. The van der Waals surface area contributed by atoms with Crippen molar-refractivity contribution in [1.82, 2.24) is 15.2 Å². The van der Waals surface area contributed by atoms with E-state index in [1.54, 1.807) is 18.2 Å². The predicted molar refractivity (Wildman–Crippen MR) is 84.1 cm³/mol. The highest BCUT2D eigenvalue weighted by Crippen LogP contribution is 2.32. The monoisotopic (exact) mass is 307 g/mol. The molecule has 0 saturated heterocycles. The maximum atomic E-state index is 12.2. The van der Waals surface area contributed by atoms with Gasteiger partial charge in [0.15, 0.2) is 0 Å². The number of nitrogens with one attached hydrogen (secondary N) is 2. The summed E-state index contributed by atoms with van der Waals surface area (Å²) in [5.41, 5.74) is 1.37. The number of hydrogen-bond acceptors (Lipinski definition) is 4.